The summed E-state index contributed by atoms with van der Waals surface area (Å²) < 4.78 is 5.67. The lowest BCUT2D eigenvalue weighted by Gasteiger charge is -2.18. The summed E-state index contributed by atoms with van der Waals surface area (Å²) in [5, 5.41) is 3.54. The molecule has 1 unspecified atom stereocenters. The van der Waals surface area contributed by atoms with E-state index in [1.165, 1.54) is 5.56 Å². The highest BCUT2D eigenvalue weighted by Crippen LogP contribution is 2.05. The summed E-state index contributed by atoms with van der Waals surface area (Å²) in [4.78, 5) is 4.53. The smallest absolute Gasteiger partial charge is 0.0623 e. The minimum Gasteiger partial charge on any atom is -0.380 e. The van der Waals surface area contributed by atoms with Crippen molar-refractivity contribution in [3.05, 3.63) is 29.6 Å². The van der Waals surface area contributed by atoms with E-state index in [0.717, 1.165) is 51.1 Å². The first kappa shape index (κ1) is 16.1. The van der Waals surface area contributed by atoms with Gasteiger partial charge in [0, 0.05) is 31.0 Å². The second-order valence-electron chi connectivity index (χ2n) is 4.94. The molecule has 1 atom stereocenters. The number of hydrogen-bond acceptors (Lipinski definition) is 3. The molecule has 1 rings (SSSR count). The molecule has 108 valence electrons. The molecule has 0 bridgehead atoms. The lowest BCUT2D eigenvalue weighted by molar-refractivity contribution is 0.111. The maximum Gasteiger partial charge on any atom is 0.0623 e. The fourth-order valence-corrected chi connectivity index (χ4v) is 1.95. The number of pyridine rings is 1. The molecule has 19 heavy (non-hydrogen) atoms. The predicted molar refractivity (Wildman–Crippen MR) is 80.5 cm³/mol. The molecule has 1 aromatic rings. The third-order valence-electron chi connectivity index (χ3n) is 3.10. The van der Waals surface area contributed by atoms with Gasteiger partial charge in [0.1, 0.15) is 0 Å². The van der Waals surface area contributed by atoms with Crippen LogP contribution in [0.2, 0.25) is 0 Å². The van der Waals surface area contributed by atoms with Crippen molar-refractivity contribution in [2.75, 3.05) is 19.8 Å². The third kappa shape index (κ3) is 6.69. The van der Waals surface area contributed by atoms with Crippen LogP contribution in [0.5, 0.6) is 0 Å². The number of rotatable bonds is 10. The fraction of sp³-hybridized carbons (Fsp3) is 0.688. The van der Waals surface area contributed by atoms with Crippen molar-refractivity contribution in [2.24, 2.45) is 0 Å². The van der Waals surface area contributed by atoms with Gasteiger partial charge in [0.15, 0.2) is 0 Å². The fourth-order valence-electron chi connectivity index (χ4n) is 1.95. The minimum absolute atomic E-state index is 0.367. The molecular formula is C16H28N2O. The Kier molecular flexibility index (Phi) is 8.43. The van der Waals surface area contributed by atoms with Crippen molar-refractivity contribution >= 4 is 0 Å². The van der Waals surface area contributed by atoms with Gasteiger partial charge in [-0.2, -0.15) is 0 Å². The Morgan fingerprint density at radius 2 is 2.05 bits per heavy atom. The van der Waals surface area contributed by atoms with Gasteiger partial charge in [0.2, 0.25) is 0 Å². The highest BCUT2D eigenvalue weighted by Gasteiger charge is 2.09. The van der Waals surface area contributed by atoms with Crippen molar-refractivity contribution in [3.8, 4) is 0 Å². The van der Waals surface area contributed by atoms with E-state index in [1.807, 2.05) is 6.20 Å². The molecule has 1 heterocycles. The molecule has 0 saturated carbocycles. The maximum atomic E-state index is 5.67. The molecule has 0 amide bonds. The lowest BCUT2D eigenvalue weighted by atomic mass is 10.1. The van der Waals surface area contributed by atoms with E-state index in [2.05, 4.69) is 43.2 Å². The van der Waals surface area contributed by atoms with Crippen molar-refractivity contribution in [2.45, 2.75) is 52.5 Å². The number of aromatic nitrogens is 1. The summed E-state index contributed by atoms with van der Waals surface area (Å²) in [7, 11) is 0. The Hall–Kier alpha value is -0.930. The number of aryl methyl sites for hydroxylation is 1. The monoisotopic (exact) mass is 264 g/mol. The molecule has 3 heteroatoms. The zero-order valence-corrected chi connectivity index (χ0v) is 12.6. The van der Waals surface area contributed by atoms with Gasteiger partial charge in [-0.3, -0.25) is 4.98 Å². The van der Waals surface area contributed by atoms with Gasteiger partial charge in [0.05, 0.1) is 6.61 Å². The first-order chi connectivity index (χ1) is 9.30. The highest BCUT2D eigenvalue weighted by molar-refractivity contribution is 5.14. The van der Waals surface area contributed by atoms with Crippen molar-refractivity contribution in [1.29, 1.82) is 0 Å². The number of nitrogens with zero attached hydrogens (tertiary/aromatic N) is 1. The number of nitrogens with one attached hydrogen (secondary N) is 1. The Bertz CT molecular complexity index is 324. The predicted octanol–water partition coefficient (Wildman–Crippen LogP) is 2.98. The SMILES string of the molecule is CCCNC(COCCC)Cc1ccc(CC)cn1. The van der Waals surface area contributed by atoms with Gasteiger partial charge in [-0.05, 0) is 37.4 Å². The zero-order chi connectivity index (χ0) is 13.9. The molecule has 0 fully saturated rings. The standard InChI is InChI=1S/C16H28N2O/c1-4-9-17-16(13-19-10-5-2)11-15-8-7-14(6-3)12-18-15/h7-8,12,16-17H,4-6,9-11,13H2,1-3H3. The number of ether oxygens (including phenoxy) is 1. The molecule has 0 aromatic carbocycles. The minimum atomic E-state index is 0.367. The molecular weight excluding hydrogens is 236 g/mol. The van der Waals surface area contributed by atoms with Gasteiger partial charge in [-0.1, -0.05) is 26.8 Å². The normalized spacial score (nSPS) is 12.6. The van der Waals surface area contributed by atoms with E-state index in [1.54, 1.807) is 0 Å². The number of hydrogen-bond donors (Lipinski definition) is 1. The Balaban J connectivity index is 2.48. The summed E-state index contributed by atoms with van der Waals surface area (Å²) in [6, 6.07) is 4.68. The van der Waals surface area contributed by atoms with Gasteiger partial charge < -0.3 is 10.1 Å². The van der Waals surface area contributed by atoms with Crippen LogP contribution in [-0.4, -0.2) is 30.8 Å². The second kappa shape index (κ2) is 9.93. The summed E-state index contributed by atoms with van der Waals surface area (Å²) in [6.07, 6.45) is 6.19. The third-order valence-corrected chi connectivity index (χ3v) is 3.10. The maximum absolute atomic E-state index is 5.67. The molecule has 1 N–H and O–H groups in total. The van der Waals surface area contributed by atoms with Crippen molar-refractivity contribution in [1.82, 2.24) is 10.3 Å². The van der Waals surface area contributed by atoms with Crippen LogP contribution < -0.4 is 5.32 Å². The molecule has 1 aromatic heterocycles. The first-order valence-electron chi connectivity index (χ1n) is 7.55. The van der Waals surface area contributed by atoms with Crippen LogP contribution in [0.3, 0.4) is 0 Å². The van der Waals surface area contributed by atoms with E-state index in [0.29, 0.717) is 6.04 Å². The molecule has 0 radical (unpaired) electrons. The lowest BCUT2D eigenvalue weighted by Crippen LogP contribution is -2.36. The van der Waals surface area contributed by atoms with Gasteiger partial charge >= 0.3 is 0 Å². The van der Waals surface area contributed by atoms with Gasteiger partial charge in [-0.25, -0.2) is 0 Å². The summed E-state index contributed by atoms with van der Waals surface area (Å²) in [5.41, 5.74) is 2.44. The Labute approximate surface area is 117 Å². The molecule has 0 saturated heterocycles. The van der Waals surface area contributed by atoms with E-state index in [-0.39, 0.29) is 0 Å². The Morgan fingerprint density at radius 3 is 2.63 bits per heavy atom. The topological polar surface area (TPSA) is 34.1 Å². The van der Waals surface area contributed by atoms with Crippen LogP contribution in [0.15, 0.2) is 18.3 Å². The van der Waals surface area contributed by atoms with Crippen LogP contribution >= 0.6 is 0 Å². The average Bonchev–Trinajstić information content (AvgIpc) is 2.45. The first-order valence-corrected chi connectivity index (χ1v) is 7.55. The van der Waals surface area contributed by atoms with Crippen molar-refractivity contribution < 1.29 is 4.74 Å². The quantitative estimate of drug-likeness (QED) is 0.660. The van der Waals surface area contributed by atoms with E-state index >= 15 is 0 Å². The van der Waals surface area contributed by atoms with Crippen LogP contribution in [0.25, 0.3) is 0 Å². The Morgan fingerprint density at radius 1 is 1.21 bits per heavy atom. The zero-order valence-electron chi connectivity index (χ0n) is 12.6. The largest absolute Gasteiger partial charge is 0.380 e. The van der Waals surface area contributed by atoms with Gasteiger partial charge in [0.25, 0.3) is 0 Å². The van der Waals surface area contributed by atoms with Crippen LogP contribution in [0.1, 0.15) is 44.9 Å². The van der Waals surface area contributed by atoms with Crippen molar-refractivity contribution in [3.63, 3.8) is 0 Å². The summed E-state index contributed by atoms with van der Waals surface area (Å²) >= 11 is 0. The van der Waals surface area contributed by atoms with Crippen LogP contribution in [0.4, 0.5) is 0 Å². The highest BCUT2D eigenvalue weighted by atomic mass is 16.5. The molecule has 0 aliphatic heterocycles. The van der Waals surface area contributed by atoms with E-state index in [9.17, 15) is 0 Å². The van der Waals surface area contributed by atoms with E-state index < -0.39 is 0 Å². The van der Waals surface area contributed by atoms with Crippen LogP contribution in [-0.2, 0) is 17.6 Å². The van der Waals surface area contributed by atoms with Gasteiger partial charge in [-0.15, -0.1) is 0 Å². The molecule has 3 nitrogen and oxygen atoms in total. The molecule has 0 spiro atoms. The summed E-state index contributed by atoms with van der Waals surface area (Å²) in [6.45, 7) is 9.12. The van der Waals surface area contributed by atoms with Crippen LogP contribution in [0, 0.1) is 0 Å². The molecule has 0 aliphatic carbocycles. The average molecular weight is 264 g/mol. The second-order valence-corrected chi connectivity index (χ2v) is 4.94. The van der Waals surface area contributed by atoms with E-state index in [4.69, 9.17) is 4.74 Å². The molecule has 0 aliphatic rings. The summed E-state index contributed by atoms with van der Waals surface area (Å²) in [5.74, 6) is 0.